The number of hydrogen-bond acceptors (Lipinski definition) is 4. The van der Waals surface area contributed by atoms with Crippen LogP contribution in [-0.2, 0) is 6.42 Å². The zero-order valence-corrected chi connectivity index (χ0v) is 17.4. The van der Waals surface area contributed by atoms with Crippen LogP contribution in [0.5, 0.6) is 0 Å². The van der Waals surface area contributed by atoms with E-state index in [2.05, 4.69) is 26.1 Å². The highest BCUT2D eigenvalue weighted by molar-refractivity contribution is 9.10. The SMILES string of the molecule is CC(C)N(CCc1nc(-c2ccc(Br)cc2)no1)C(=O)c1ccccc1Cl. The van der Waals surface area contributed by atoms with Gasteiger partial charge in [-0.1, -0.05) is 44.8 Å². The Labute approximate surface area is 171 Å². The summed E-state index contributed by atoms with van der Waals surface area (Å²) in [5.74, 6) is 0.916. The fraction of sp³-hybridized carbons (Fsp3) is 0.250. The summed E-state index contributed by atoms with van der Waals surface area (Å²) in [6.07, 6.45) is 0.470. The first kappa shape index (κ1) is 19.6. The molecule has 140 valence electrons. The van der Waals surface area contributed by atoms with Crippen molar-refractivity contribution < 1.29 is 9.32 Å². The minimum absolute atomic E-state index is 0.0163. The summed E-state index contributed by atoms with van der Waals surface area (Å²) in [5, 5.41) is 4.48. The standard InChI is InChI=1S/C20H19BrClN3O2/c1-13(2)25(20(26)16-5-3-4-6-17(16)22)12-11-18-23-19(24-27-18)14-7-9-15(21)10-8-14/h3-10,13H,11-12H2,1-2H3. The summed E-state index contributed by atoms with van der Waals surface area (Å²) < 4.78 is 6.34. The molecular weight excluding hydrogens is 430 g/mol. The highest BCUT2D eigenvalue weighted by atomic mass is 79.9. The fourth-order valence-electron chi connectivity index (χ4n) is 2.67. The van der Waals surface area contributed by atoms with Gasteiger partial charge in [-0.15, -0.1) is 0 Å². The maximum absolute atomic E-state index is 12.9. The van der Waals surface area contributed by atoms with Crippen LogP contribution >= 0.6 is 27.5 Å². The van der Waals surface area contributed by atoms with E-state index >= 15 is 0 Å². The minimum atomic E-state index is -0.108. The van der Waals surface area contributed by atoms with Crippen LogP contribution in [0.2, 0.25) is 5.02 Å². The number of halogens is 2. The monoisotopic (exact) mass is 447 g/mol. The Morgan fingerprint density at radius 1 is 1.19 bits per heavy atom. The van der Waals surface area contributed by atoms with Gasteiger partial charge in [-0.2, -0.15) is 4.98 Å². The molecule has 3 aromatic rings. The molecular formula is C20H19BrClN3O2. The van der Waals surface area contributed by atoms with Crippen molar-refractivity contribution in [2.75, 3.05) is 6.54 Å². The number of hydrogen-bond donors (Lipinski definition) is 0. The predicted octanol–water partition coefficient (Wildman–Crippen LogP) is 5.25. The second-order valence-electron chi connectivity index (χ2n) is 6.34. The highest BCUT2D eigenvalue weighted by Crippen LogP contribution is 2.21. The molecule has 0 aliphatic heterocycles. The van der Waals surface area contributed by atoms with Gasteiger partial charge < -0.3 is 9.42 Å². The third-order valence-electron chi connectivity index (χ3n) is 4.13. The third kappa shape index (κ3) is 4.76. The molecule has 0 aliphatic rings. The van der Waals surface area contributed by atoms with E-state index in [0.717, 1.165) is 10.0 Å². The van der Waals surface area contributed by atoms with Gasteiger partial charge in [-0.3, -0.25) is 4.79 Å². The molecule has 0 N–H and O–H groups in total. The molecule has 3 rings (SSSR count). The van der Waals surface area contributed by atoms with Crippen molar-refractivity contribution in [1.29, 1.82) is 0 Å². The smallest absolute Gasteiger partial charge is 0.255 e. The predicted molar refractivity (Wildman–Crippen MR) is 109 cm³/mol. The lowest BCUT2D eigenvalue weighted by atomic mass is 10.1. The van der Waals surface area contributed by atoms with Crippen LogP contribution in [0.4, 0.5) is 0 Å². The topological polar surface area (TPSA) is 59.2 Å². The van der Waals surface area contributed by atoms with Crippen LogP contribution in [0.3, 0.4) is 0 Å². The van der Waals surface area contributed by atoms with Gasteiger partial charge in [0.15, 0.2) is 0 Å². The number of aromatic nitrogens is 2. The number of amides is 1. The summed E-state index contributed by atoms with van der Waals surface area (Å²) in [7, 11) is 0. The van der Waals surface area contributed by atoms with Gasteiger partial charge in [0.05, 0.1) is 10.6 Å². The molecule has 1 heterocycles. The Balaban J connectivity index is 1.71. The van der Waals surface area contributed by atoms with E-state index in [1.54, 1.807) is 29.2 Å². The molecule has 0 fully saturated rings. The Bertz CT molecular complexity index is 925. The summed E-state index contributed by atoms with van der Waals surface area (Å²) in [6, 6.07) is 14.8. The van der Waals surface area contributed by atoms with Gasteiger partial charge in [-0.25, -0.2) is 0 Å². The van der Waals surface area contributed by atoms with Crippen molar-refractivity contribution >= 4 is 33.4 Å². The number of rotatable bonds is 6. The van der Waals surface area contributed by atoms with Crippen molar-refractivity contribution in [3.05, 3.63) is 69.5 Å². The van der Waals surface area contributed by atoms with Crippen LogP contribution in [0.25, 0.3) is 11.4 Å². The lowest BCUT2D eigenvalue weighted by Crippen LogP contribution is -2.38. The molecule has 0 atom stereocenters. The molecule has 27 heavy (non-hydrogen) atoms. The van der Waals surface area contributed by atoms with Crippen LogP contribution in [-0.4, -0.2) is 33.5 Å². The molecule has 0 spiro atoms. The Kier molecular flexibility index (Phi) is 6.29. The van der Waals surface area contributed by atoms with Gasteiger partial charge in [0.1, 0.15) is 0 Å². The van der Waals surface area contributed by atoms with Gasteiger partial charge in [0.25, 0.3) is 5.91 Å². The molecule has 2 aromatic carbocycles. The van der Waals surface area contributed by atoms with E-state index in [-0.39, 0.29) is 11.9 Å². The molecule has 0 unspecified atom stereocenters. The summed E-state index contributed by atoms with van der Waals surface area (Å²) in [5.41, 5.74) is 1.37. The summed E-state index contributed by atoms with van der Waals surface area (Å²) in [4.78, 5) is 19.0. The van der Waals surface area contributed by atoms with E-state index in [1.165, 1.54) is 0 Å². The lowest BCUT2D eigenvalue weighted by molar-refractivity contribution is 0.0704. The van der Waals surface area contributed by atoms with Gasteiger partial charge in [0, 0.05) is 29.0 Å². The molecule has 0 bridgehead atoms. The first-order valence-electron chi connectivity index (χ1n) is 8.59. The average molecular weight is 449 g/mol. The summed E-state index contributed by atoms with van der Waals surface area (Å²) in [6.45, 7) is 4.40. The Hall–Kier alpha value is -2.18. The molecule has 1 amide bonds. The van der Waals surface area contributed by atoms with Crippen molar-refractivity contribution in [1.82, 2.24) is 15.0 Å². The van der Waals surface area contributed by atoms with Crippen molar-refractivity contribution in [2.45, 2.75) is 26.3 Å². The van der Waals surface area contributed by atoms with E-state index < -0.39 is 0 Å². The lowest BCUT2D eigenvalue weighted by Gasteiger charge is -2.26. The average Bonchev–Trinajstić information content (AvgIpc) is 3.11. The Morgan fingerprint density at radius 3 is 2.56 bits per heavy atom. The fourth-order valence-corrected chi connectivity index (χ4v) is 3.15. The third-order valence-corrected chi connectivity index (χ3v) is 4.98. The van der Waals surface area contributed by atoms with E-state index in [0.29, 0.717) is 35.3 Å². The second-order valence-corrected chi connectivity index (χ2v) is 7.66. The molecule has 0 saturated carbocycles. The van der Waals surface area contributed by atoms with Crippen LogP contribution < -0.4 is 0 Å². The molecule has 0 saturated heterocycles. The minimum Gasteiger partial charge on any atom is -0.339 e. The van der Waals surface area contributed by atoms with Gasteiger partial charge >= 0.3 is 0 Å². The van der Waals surface area contributed by atoms with Crippen LogP contribution in [0.1, 0.15) is 30.1 Å². The van der Waals surface area contributed by atoms with E-state index in [9.17, 15) is 4.79 Å². The van der Waals surface area contributed by atoms with Crippen LogP contribution in [0.15, 0.2) is 57.5 Å². The highest BCUT2D eigenvalue weighted by Gasteiger charge is 2.21. The molecule has 0 radical (unpaired) electrons. The largest absolute Gasteiger partial charge is 0.339 e. The zero-order valence-electron chi connectivity index (χ0n) is 15.0. The molecule has 0 aliphatic carbocycles. The normalized spacial score (nSPS) is 11.0. The maximum atomic E-state index is 12.9. The first-order valence-corrected chi connectivity index (χ1v) is 9.77. The molecule has 1 aromatic heterocycles. The van der Waals surface area contributed by atoms with Gasteiger partial charge in [0.2, 0.25) is 11.7 Å². The summed E-state index contributed by atoms with van der Waals surface area (Å²) >= 11 is 9.58. The maximum Gasteiger partial charge on any atom is 0.255 e. The quantitative estimate of drug-likeness (QED) is 0.517. The number of nitrogens with zero attached hydrogens (tertiary/aromatic N) is 3. The number of benzene rings is 2. The van der Waals surface area contributed by atoms with E-state index in [1.807, 2.05) is 38.1 Å². The van der Waals surface area contributed by atoms with Crippen molar-refractivity contribution in [2.24, 2.45) is 0 Å². The number of carbonyl (C=O) groups excluding carboxylic acids is 1. The molecule has 5 nitrogen and oxygen atoms in total. The van der Waals surface area contributed by atoms with Crippen molar-refractivity contribution in [3.63, 3.8) is 0 Å². The first-order chi connectivity index (χ1) is 13.0. The Morgan fingerprint density at radius 2 is 1.89 bits per heavy atom. The zero-order chi connectivity index (χ0) is 19.4. The van der Waals surface area contributed by atoms with Gasteiger partial charge in [-0.05, 0) is 50.2 Å². The van der Waals surface area contributed by atoms with Crippen molar-refractivity contribution in [3.8, 4) is 11.4 Å². The number of carbonyl (C=O) groups is 1. The molecule has 7 heteroatoms. The van der Waals surface area contributed by atoms with Crippen LogP contribution in [0, 0.1) is 0 Å². The second kappa shape index (κ2) is 8.67. The van der Waals surface area contributed by atoms with E-state index in [4.69, 9.17) is 16.1 Å².